The van der Waals surface area contributed by atoms with E-state index < -0.39 is 0 Å². The summed E-state index contributed by atoms with van der Waals surface area (Å²) >= 11 is 2.92. The number of nitrogens with one attached hydrogen (secondary N) is 1. The van der Waals surface area contributed by atoms with Gasteiger partial charge in [0.1, 0.15) is 4.83 Å². The van der Waals surface area contributed by atoms with Crippen LogP contribution >= 0.6 is 23.1 Å². The lowest BCUT2D eigenvalue weighted by Crippen LogP contribution is -2.27. The van der Waals surface area contributed by atoms with Crippen molar-refractivity contribution in [2.45, 2.75) is 44.8 Å². The lowest BCUT2D eigenvalue weighted by Gasteiger charge is -2.17. The minimum absolute atomic E-state index is 0.0195. The number of thiophene rings is 1. The fourth-order valence-corrected chi connectivity index (χ4v) is 5.44. The van der Waals surface area contributed by atoms with E-state index in [0.717, 1.165) is 29.5 Å². The van der Waals surface area contributed by atoms with Crippen LogP contribution in [0.5, 0.6) is 0 Å². The predicted molar refractivity (Wildman–Crippen MR) is 103 cm³/mol. The molecule has 3 rings (SSSR count). The number of carbonyl (C=O) groups is 1. The first-order valence-corrected chi connectivity index (χ1v) is 10.2. The van der Waals surface area contributed by atoms with Crippen molar-refractivity contribution < 1.29 is 4.79 Å². The Hall–Kier alpha value is -1.78. The molecule has 2 aromatic heterocycles. The quantitative estimate of drug-likeness (QED) is 0.495. The Bertz CT molecular complexity index is 908. The van der Waals surface area contributed by atoms with E-state index in [1.807, 2.05) is 6.92 Å². The maximum absolute atomic E-state index is 13.0. The second-order valence-corrected chi connectivity index (χ2v) is 8.27. The topological polar surface area (TPSA) is 64.0 Å². The number of hydrogen-bond donors (Lipinski definition) is 1. The van der Waals surface area contributed by atoms with Gasteiger partial charge in [0, 0.05) is 11.4 Å². The Balaban J connectivity index is 1.96. The van der Waals surface area contributed by atoms with Crippen LogP contribution in [0.3, 0.4) is 0 Å². The largest absolute Gasteiger partial charge is 0.344 e. The number of rotatable bonds is 5. The van der Waals surface area contributed by atoms with Gasteiger partial charge in [0.25, 0.3) is 5.56 Å². The summed E-state index contributed by atoms with van der Waals surface area (Å²) in [5, 5.41) is 4.01. The fourth-order valence-electron chi connectivity index (χ4n) is 3.12. The zero-order chi connectivity index (χ0) is 18.0. The van der Waals surface area contributed by atoms with Gasteiger partial charge in [-0.05, 0) is 37.7 Å². The van der Waals surface area contributed by atoms with Gasteiger partial charge in [-0.3, -0.25) is 14.2 Å². The third-order valence-corrected chi connectivity index (χ3v) is 6.54. The van der Waals surface area contributed by atoms with Crippen molar-refractivity contribution in [3.63, 3.8) is 0 Å². The number of amides is 1. The molecule has 1 amide bonds. The van der Waals surface area contributed by atoms with E-state index in [1.165, 1.54) is 22.2 Å². The molecule has 1 N–H and O–H groups in total. The molecule has 1 atom stereocenters. The molecule has 0 saturated heterocycles. The average molecular weight is 376 g/mol. The molecule has 5 nitrogen and oxygen atoms in total. The van der Waals surface area contributed by atoms with Gasteiger partial charge < -0.3 is 5.32 Å². The summed E-state index contributed by atoms with van der Waals surface area (Å²) in [4.78, 5) is 31.6. The van der Waals surface area contributed by atoms with Crippen LogP contribution in [0.15, 0.2) is 9.95 Å². The lowest BCUT2D eigenvalue weighted by atomic mass is 9.89. The van der Waals surface area contributed by atoms with E-state index in [2.05, 4.69) is 18.2 Å². The molecule has 1 aliphatic rings. The van der Waals surface area contributed by atoms with Crippen molar-refractivity contribution in [1.29, 1.82) is 0 Å². The molecular weight excluding hydrogens is 354 g/mol. The molecule has 0 spiro atoms. The van der Waals surface area contributed by atoms with Crippen LogP contribution in [-0.2, 0) is 24.2 Å². The number of hydrogen-bond acceptors (Lipinski definition) is 5. The van der Waals surface area contributed by atoms with E-state index in [4.69, 9.17) is 11.4 Å². The molecule has 25 heavy (non-hydrogen) atoms. The minimum atomic E-state index is -0.153. The third-order valence-electron chi connectivity index (χ3n) is 4.42. The highest BCUT2D eigenvalue weighted by Gasteiger charge is 2.24. The van der Waals surface area contributed by atoms with Gasteiger partial charge in [0.15, 0.2) is 5.16 Å². The molecular formula is C18H21N3O2S2. The highest BCUT2D eigenvalue weighted by Crippen LogP contribution is 2.36. The van der Waals surface area contributed by atoms with Gasteiger partial charge in [-0.2, -0.15) is 0 Å². The first-order valence-electron chi connectivity index (χ1n) is 8.43. The van der Waals surface area contributed by atoms with Gasteiger partial charge in [0.2, 0.25) is 5.91 Å². The number of aromatic nitrogens is 2. The van der Waals surface area contributed by atoms with Crippen LogP contribution in [0.4, 0.5) is 0 Å². The molecule has 0 aliphatic heterocycles. The fraction of sp³-hybridized carbons (Fsp3) is 0.500. The third kappa shape index (κ3) is 3.60. The summed E-state index contributed by atoms with van der Waals surface area (Å²) in [5.74, 6) is 3.07. The summed E-state index contributed by atoms with van der Waals surface area (Å²) in [7, 11) is 0. The van der Waals surface area contributed by atoms with Crippen molar-refractivity contribution in [2.75, 3.05) is 12.3 Å². The molecule has 2 aromatic rings. The molecule has 0 fully saturated rings. The van der Waals surface area contributed by atoms with Gasteiger partial charge in [-0.1, -0.05) is 24.6 Å². The average Bonchev–Trinajstić information content (AvgIpc) is 2.95. The Labute approximate surface area is 155 Å². The van der Waals surface area contributed by atoms with Crippen molar-refractivity contribution in [3.05, 3.63) is 20.8 Å². The maximum atomic E-state index is 13.0. The smallest absolute Gasteiger partial charge is 0.263 e. The second-order valence-electron chi connectivity index (χ2n) is 6.25. The molecule has 7 heteroatoms. The van der Waals surface area contributed by atoms with Crippen molar-refractivity contribution in [3.8, 4) is 12.3 Å². The van der Waals surface area contributed by atoms with Crippen molar-refractivity contribution >= 4 is 39.2 Å². The van der Waals surface area contributed by atoms with Crippen molar-refractivity contribution in [1.82, 2.24) is 14.9 Å². The number of nitrogens with zero attached hydrogens (tertiary/aromatic N) is 2. The molecule has 132 valence electrons. The van der Waals surface area contributed by atoms with E-state index >= 15 is 0 Å². The summed E-state index contributed by atoms with van der Waals surface area (Å²) in [6, 6.07) is 0. The summed E-state index contributed by atoms with van der Waals surface area (Å²) in [6.45, 7) is 4.93. The summed E-state index contributed by atoms with van der Waals surface area (Å²) in [6.07, 6.45) is 8.25. The van der Waals surface area contributed by atoms with Crippen LogP contribution < -0.4 is 10.9 Å². The van der Waals surface area contributed by atoms with Crippen molar-refractivity contribution in [2.24, 2.45) is 5.92 Å². The Kier molecular flexibility index (Phi) is 5.50. The predicted octanol–water partition coefficient (Wildman–Crippen LogP) is 2.44. The minimum Gasteiger partial charge on any atom is -0.344 e. The Morgan fingerprint density at radius 3 is 3.08 bits per heavy atom. The maximum Gasteiger partial charge on any atom is 0.263 e. The monoisotopic (exact) mass is 375 g/mol. The summed E-state index contributed by atoms with van der Waals surface area (Å²) in [5.41, 5.74) is 1.21. The first kappa shape index (κ1) is 18.0. The number of carbonyl (C=O) groups excluding carboxylic acids is 1. The molecule has 0 aromatic carbocycles. The number of fused-ring (bicyclic) bond motifs is 3. The lowest BCUT2D eigenvalue weighted by molar-refractivity contribution is -0.118. The molecule has 0 saturated carbocycles. The standard InChI is InChI=1S/C18H21N3O2S2/c1-4-8-19-14(22)10-24-18-20-16-15(17(23)21(18)5-2)12-7-6-11(3)9-13(12)25-16/h1,11H,5-10H2,2-3H3,(H,19,22)/t11-/m1/s1. The van der Waals surface area contributed by atoms with Gasteiger partial charge >= 0.3 is 0 Å². The Morgan fingerprint density at radius 2 is 2.36 bits per heavy atom. The molecule has 0 radical (unpaired) electrons. The number of aryl methyl sites for hydroxylation is 1. The van der Waals surface area contributed by atoms with Gasteiger partial charge in [0.05, 0.1) is 17.7 Å². The van der Waals surface area contributed by atoms with E-state index in [-0.39, 0.29) is 23.8 Å². The van der Waals surface area contributed by atoms with E-state index in [0.29, 0.717) is 17.6 Å². The molecule has 2 heterocycles. The SMILES string of the molecule is C#CCNC(=O)CSc1nc2sc3c(c2c(=O)n1CC)CC[C@@H](C)C3. The molecule has 0 bridgehead atoms. The van der Waals surface area contributed by atoms with E-state index in [9.17, 15) is 9.59 Å². The first-order chi connectivity index (χ1) is 12.0. The highest BCUT2D eigenvalue weighted by molar-refractivity contribution is 7.99. The zero-order valence-electron chi connectivity index (χ0n) is 14.4. The molecule has 0 unspecified atom stereocenters. The van der Waals surface area contributed by atoms with Crippen LogP contribution in [0.25, 0.3) is 10.2 Å². The van der Waals surface area contributed by atoms with Gasteiger partial charge in [-0.25, -0.2) is 4.98 Å². The van der Waals surface area contributed by atoms with Crippen LogP contribution in [0.1, 0.15) is 30.7 Å². The zero-order valence-corrected chi connectivity index (χ0v) is 16.1. The number of thioether (sulfide) groups is 1. The Morgan fingerprint density at radius 1 is 1.56 bits per heavy atom. The number of terminal acetylenes is 1. The van der Waals surface area contributed by atoms with Crippen LogP contribution in [0.2, 0.25) is 0 Å². The van der Waals surface area contributed by atoms with Crippen LogP contribution in [-0.4, -0.2) is 27.8 Å². The van der Waals surface area contributed by atoms with E-state index in [1.54, 1.807) is 15.9 Å². The normalized spacial score (nSPS) is 16.4. The summed E-state index contributed by atoms with van der Waals surface area (Å²) < 4.78 is 1.67. The van der Waals surface area contributed by atoms with Gasteiger partial charge in [-0.15, -0.1) is 17.8 Å². The second kappa shape index (κ2) is 7.63. The molecule has 1 aliphatic carbocycles. The highest BCUT2D eigenvalue weighted by atomic mass is 32.2. The van der Waals surface area contributed by atoms with Crippen LogP contribution in [0, 0.1) is 18.3 Å².